The molecule has 0 radical (unpaired) electrons. The lowest BCUT2D eigenvalue weighted by atomic mass is 10.1. The third-order valence-electron chi connectivity index (χ3n) is 6.52. The number of nitrogens with zero attached hydrogens (tertiary/aromatic N) is 1. The maximum atomic E-state index is 13.2. The Kier molecular flexibility index (Phi) is 12.0. The van der Waals surface area contributed by atoms with Crippen molar-refractivity contribution in [2.24, 2.45) is 0 Å². The molecule has 1 amide bonds. The van der Waals surface area contributed by atoms with Gasteiger partial charge in [-0.05, 0) is 98.8 Å². The van der Waals surface area contributed by atoms with Gasteiger partial charge in [0.05, 0.1) is 13.2 Å². The lowest BCUT2D eigenvalue weighted by molar-refractivity contribution is -0.149. The third-order valence-corrected chi connectivity index (χ3v) is 6.52. The first-order valence-electron chi connectivity index (χ1n) is 13.7. The lowest BCUT2D eigenvalue weighted by Crippen LogP contribution is -2.38. The Hall–Kier alpha value is -4.11. The van der Waals surface area contributed by atoms with E-state index in [1.807, 2.05) is 32.9 Å². The maximum Gasteiger partial charge on any atom is 0.415 e. The number of rotatable bonds is 15. The summed E-state index contributed by atoms with van der Waals surface area (Å²) in [6.45, 7) is 9.13. The van der Waals surface area contributed by atoms with Crippen LogP contribution in [0.5, 0.6) is 17.2 Å². The van der Waals surface area contributed by atoms with Crippen LogP contribution in [0, 0.1) is 26.6 Å². The number of carbonyl (C=O) groups excluding carboxylic acids is 1. The summed E-state index contributed by atoms with van der Waals surface area (Å²) in [6.07, 6.45) is -0.620. The van der Waals surface area contributed by atoms with Gasteiger partial charge in [0.15, 0.2) is 6.10 Å². The van der Waals surface area contributed by atoms with Gasteiger partial charge in [-0.3, -0.25) is 0 Å². The molecule has 0 bridgehead atoms. The van der Waals surface area contributed by atoms with Gasteiger partial charge in [0.25, 0.3) is 0 Å². The van der Waals surface area contributed by atoms with Crippen LogP contribution in [0.2, 0.25) is 0 Å². The molecule has 0 saturated heterocycles. The average molecular weight is 568 g/mol. The van der Waals surface area contributed by atoms with Gasteiger partial charge in [0, 0.05) is 19.6 Å². The molecule has 1 atom stereocenters. The van der Waals surface area contributed by atoms with Crippen LogP contribution in [0.3, 0.4) is 0 Å². The Balaban J connectivity index is 1.59. The number of carboxylic acid groups (broad SMARTS) is 1. The molecular formula is C32H38FNO7. The highest BCUT2D eigenvalue weighted by molar-refractivity contribution is 5.73. The first-order valence-corrected chi connectivity index (χ1v) is 13.7. The van der Waals surface area contributed by atoms with E-state index in [0.717, 1.165) is 22.3 Å². The normalized spacial score (nSPS) is 11.5. The van der Waals surface area contributed by atoms with Crippen molar-refractivity contribution in [3.63, 3.8) is 0 Å². The molecule has 1 unspecified atom stereocenters. The first kappa shape index (κ1) is 31.4. The monoisotopic (exact) mass is 567 g/mol. The Morgan fingerprint density at radius 1 is 0.854 bits per heavy atom. The summed E-state index contributed by atoms with van der Waals surface area (Å²) in [5, 5.41) is 9.30. The fourth-order valence-electron chi connectivity index (χ4n) is 4.10. The fraction of sp³-hybridized carbons (Fsp3) is 0.375. The highest BCUT2D eigenvalue weighted by Gasteiger charge is 2.19. The number of amides is 1. The third kappa shape index (κ3) is 10.1. The van der Waals surface area contributed by atoms with Gasteiger partial charge in [-0.15, -0.1) is 0 Å². The molecule has 3 aromatic rings. The summed E-state index contributed by atoms with van der Waals surface area (Å²) < 4.78 is 35.7. The van der Waals surface area contributed by atoms with Crippen LogP contribution in [0.4, 0.5) is 9.18 Å². The Bertz CT molecular complexity index is 1280. The summed E-state index contributed by atoms with van der Waals surface area (Å²) in [7, 11) is 0. The second-order valence-electron chi connectivity index (χ2n) is 9.69. The van der Waals surface area contributed by atoms with Gasteiger partial charge in [0.1, 0.15) is 29.7 Å². The van der Waals surface area contributed by atoms with Crippen molar-refractivity contribution in [1.82, 2.24) is 4.90 Å². The number of hydrogen-bond acceptors (Lipinski definition) is 6. The van der Waals surface area contributed by atoms with Crippen molar-refractivity contribution in [1.29, 1.82) is 0 Å². The Morgan fingerprint density at radius 3 is 2.10 bits per heavy atom. The molecule has 0 spiro atoms. The van der Waals surface area contributed by atoms with E-state index in [1.165, 1.54) is 12.1 Å². The maximum absolute atomic E-state index is 13.2. The van der Waals surface area contributed by atoms with Crippen LogP contribution >= 0.6 is 0 Å². The number of halogens is 1. The zero-order valence-corrected chi connectivity index (χ0v) is 24.0. The van der Waals surface area contributed by atoms with E-state index in [1.54, 1.807) is 48.2 Å². The predicted molar refractivity (Wildman–Crippen MR) is 153 cm³/mol. The molecule has 0 aliphatic heterocycles. The molecule has 3 aromatic carbocycles. The van der Waals surface area contributed by atoms with Crippen LogP contribution in [0.1, 0.15) is 35.6 Å². The van der Waals surface area contributed by atoms with Gasteiger partial charge < -0.3 is 29.0 Å². The van der Waals surface area contributed by atoms with Crippen molar-refractivity contribution in [2.75, 3.05) is 32.9 Å². The van der Waals surface area contributed by atoms with E-state index in [-0.39, 0.29) is 25.4 Å². The largest absolute Gasteiger partial charge is 0.494 e. The molecule has 0 aliphatic carbocycles. The summed E-state index contributed by atoms with van der Waals surface area (Å²) in [6, 6.07) is 16.7. The molecule has 1 N–H and O–H groups in total. The molecule has 0 saturated carbocycles. The number of carboxylic acids is 1. The molecule has 0 aliphatic rings. The number of aryl methyl sites for hydroxylation is 3. The number of carbonyl (C=O) groups is 2. The zero-order chi connectivity index (χ0) is 29.8. The fourth-order valence-corrected chi connectivity index (χ4v) is 4.10. The highest BCUT2D eigenvalue weighted by atomic mass is 19.1. The van der Waals surface area contributed by atoms with Crippen molar-refractivity contribution < 1.29 is 38.0 Å². The predicted octanol–water partition coefficient (Wildman–Crippen LogP) is 6.13. The quantitative estimate of drug-likeness (QED) is 0.221. The molecule has 8 nitrogen and oxygen atoms in total. The zero-order valence-electron chi connectivity index (χ0n) is 24.0. The van der Waals surface area contributed by atoms with Crippen molar-refractivity contribution in [3.05, 3.63) is 88.7 Å². The first-order chi connectivity index (χ1) is 19.7. The number of benzene rings is 3. The van der Waals surface area contributed by atoms with E-state index < -0.39 is 18.2 Å². The van der Waals surface area contributed by atoms with Gasteiger partial charge >= 0.3 is 12.1 Å². The van der Waals surface area contributed by atoms with Crippen molar-refractivity contribution in [2.45, 2.75) is 46.6 Å². The van der Waals surface area contributed by atoms with E-state index in [9.17, 15) is 19.1 Å². The van der Waals surface area contributed by atoms with Gasteiger partial charge in [-0.1, -0.05) is 18.2 Å². The van der Waals surface area contributed by atoms with Crippen LogP contribution < -0.4 is 14.2 Å². The molecule has 220 valence electrons. The van der Waals surface area contributed by atoms with Crippen LogP contribution in [0.25, 0.3) is 0 Å². The summed E-state index contributed by atoms with van der Waals surface area (Å²) in [5.74, 6) is 0.314. The van der Waals surface area contributed by atoms with E-state index in [0.29, 0.717) is 43.4 Å². The smallest absolute Gasteiger partial charge is 0.415 e. The minimum atomic E-state index is -1.00. The SMILES string of the molecule is CCOC(Cc1ccc(OCCN(CCCOc2ccc(F)cc2)C(=O)Oc2cc(C)c(C)cc2C)cc1)C(=O)O. The van der Waals surface area contributed by atoms with Crippen LogP contribution in [-0.4, -0.2) is 61.1 Å². The van der Waals surface area contributed by atoms with Gasteiger partial charge in [0.2, 0.25) is 0 Å². The lowest BCUT2D eigenvalue weighted by Gasteiger charge is -2.23. The average Bonchev–Trinajstić information content (AvgIpc) is 2.94. The Morgan fingerprint density at radius 2 is 1.46 bits per heavy atom. The molecule has 41 heavy (non-hydrogen) atoms. The molecule has 3 rings (SSSR count). The van der Waals surface area contributed by atoms with Gasteiger partial charge in [-0.2, -0.15) is 0 Å². The van der Waals surface area contributed by atoms with Crippen molar-refractivity contribution in [3.8, 4) is 17.2 Å². The number of ether oxygens (including phenoxy) is 4. The topological polar surface area (TPSA) is 94.5 Å². The van der Waals surface area contributed by atoms with E-state index in [2.05, 4.69) is 0 Å². The molecule has 0 heterocycles. The van der Waals surface area contributed by atoms with Crippen molar-refractivity contribution >= 4 is 12.1 Å². The second-order valence-corrected chi connectivity index (χ2v) is 9.69. The number of aliphatic carboxylic acids is 1. The van der Waals surface area contributed by atoms with E-state index >= 15 is 0 Å². The van der Waals surface area contributed by atoms with Crippen LogP contribution in [0.15, 0.2) is 60.7 Å². The van der Waals surface area contributed by atoms with Gasteiger partial charge in [-0.25, -0.2) is 14.0 Å². The summed E-state index contributed by atoms with van der Waals surface area (Å²) in [4.78, 5) is 26.1. The summed E-state index contributed by atoms with van der Waals surface area (Å²) >= 11 is 0. The van der Waals surface area contributed by atoms with E-state index in [4.69, 9.17) is 18.9 Å². The Labute approximate surface area is 240 Å². The second kappa shape index (κ2) is 15.6. The number of hydrogen-bond donors (Lipinski definition) is 1. The minimum absolute atomic E-state index is 0.218. The highest BCUT2D eigenvalue weighted by Crippen LogP contribution is 2.23. The molecule has 0 fully saturated rings. The minimum Gasteiger partial charge on any atom is -0.494 e. The van der Waals surface area contributed by atoms with Crippen LogP contribution in [-0.2, 0) is 16.0 Å². The molecule has 9 heteroatoms. The summed E-state index contributed by atoms with van der Waals surface area (Å²) in [5.41, 5.74) is 3.83. The molecular weight excluding hydrogens is 529 g/mol. The standard InChI is InChI=1S/C32H38FNO7/c1-5-38-30(31(35)36)21-25-7-11-27(12-8-25)40-18-16-34(15-6-17-39-28-13-9-26(33)10-14-28)32(37)41-29-20-23(3)22(2)19-24(29)4/h7-14,19-20,30H,5-6,15-18,21H2,1-4H3,(H,35,36). The molecule has 0 aromatic heterocycles.